The van der Waals surface area contributed by atoms with Gasteiger partial charge in [-0.15, -0.1) is 0 Å². The number of nitrogens with one attached hydrogen (secondary N) is 1. The minimum atomic E-state index is -4.82. The maximum Gasteiger partial charge on any atom is 0.410 e. The van der Waals surface area contributed by atoms with E-state index in [0.717, 1.165) is 4.90 Å². The third-order valence-electron chi connectivity index (χ3n) is 3.82. The topological polar surface area (TPSA) is 91.8 Å². The number of carbonyl (C=O) groups is 1. The minimum absolute atomic E-state index is 0.0488. The molecule has 1 rings (SSSR count). The number of nitrogens with zero attached hydrogens (tertiary/aromatic N) is 2. The zero-order valence-electron chi connectivity index (χ0n) is 18.6. The largest absolute Gasteiger partial charge is 0.444 e. The van der Waals surface area contributed by atoms with Crippen LogP contribution in [0.2, 0.25) is 5.15 Å². The van der Waals surface area contributed by atoms with E-state index in [1.807, 2.05) is 0 Å². The standard InChI is InChI=1S/C19H28BrClF3N3O4S/c1-17(2,3)31-16(29)27(9-12(28)11-7-14(20)25-15(21)8-11)10-13(19(22,23)24)26-32(30)18(4,5)6/h7-8,12-13,26,28H,9-10H2,1-6H3/t12?,13-,32-/m1/s1. The molecule has 0 aliphatic heterocycles. The SMILES string of the molecule is CC(C)(C)OC(=O)N(CC(O)c1cc(Cl)nc(Br)c1)C[C@@H](N[S@](=O)C(C)(C)C)C(F)(F)F. The van der Waals surface area contributed by atoms with Crippen LogP contribution in [0.25, 0.3) is 0 Å². The monoisotopic (exact) mass is 565 g/mol. The Hall–Kier alpha value is -0.950. The summed E-state index contributed by atoms with van der Waals surface area (Å²) in [5.74, 6) is 0. The molecule has 184 valence electrons. The number of amides is 1. The van der Waals surface area contributed by atoms with Crippen molar-refractivity contribution < 1.29 is 32.0 Å². The van der Waals surface area contributed by atoms with Crippen molar-refractivity contribution >= 4 is 44.6 Å². The van der Waals surface area contributed by atoms with Gasteiger partial charge in [0, 0.05) is 6.54 Å². The summed E-state index contributed by atoms with van der Waals surface area (Å²) in [4.78, 5) is 17.3. The van der Waals surface area contributed by atoms with Crippen molar-refractivity contribution in [2.24, 2.45) is 0 Å². The van der Waals surface area contributed by atoms with Crippen molar-refractivity contribution in [3.8, 4) is 0 Å². The molecule has 0 bridgehead atoms. The number of hydrogen-bond donors (Lipinski definition) is 2. The molecule has 1 unspecified atom stereocenters. The molecule has 1 amide bonds. The molecular formula is C19H28BrClF3N3O4S. The third kappa shape index (κ3) is 9.90. The molecule has 0 saturated carbocycles. The van der Waals surface area contributed by atoms with E-state index in [1.54, 1.807) is 20.8 Å². The molecule has 0 fully saturated rings. The number of aliphatic hydroxyl groups is 1. The minimum Gasteiger partial charge on any atom is -0.444 e. The molecule has 7 nitrogen and oxygen atoms in total. The molecule has 0 aliphatic rings. The van der Waals surface area contributed by atoms with E-state index < -0.39 is 58.8 Å². The number of hydrogen-bond acceptors (Lipinski definition) is 5. The van der Waals surface area contributed by atoms with Crippen LogP contribution < -0.4 is 4.72 Å². The van der Waals surface area contributed by atoms with Crippen LogP contribution >= 0.6 is 27.5 Å². The van der Waals surface area contributed by atoms with Gasteiger partial charge < -0.3 is 14.7 Å². The number of pyridine rings is 1. The molecule has 13 heteroatoms. The van der Waals surface area contributed by atoms with Crippen molar-refractivity contribution in [1.29, 1.82) is 0 Å². The highest BCUT2D eigenvalue weighted by molar-refractivity contribution is 9.10. The first-order valence-corrected chi connectivity index (χ1v) is 11.9. The van der Waals surface area contributed by atoms with E-state index in [1.165, 1.54) is 32.9 Å². The lowest BCUT2D eigenvalue weighted by Crippen LogP contribution is -2.55. The highest BCUT2D eigenvalue weighted by atomic mass is 79.9. The summed E-state index contributed by atoms with van der Waals surface area (Å²) in [6.07, 6.45) is -7.27. The lowest BCUT2D eigenvalue weighted by Gasteiger charge is -2.33. The second-order valence-electron chi connectivity index (χ2n) is 9.04. The third-order valence-corrected chi connectivity index (χ3v) is 6.03. The van der Waals surface area contributed by atoms with Crippen LogP contribution in [0.5, 0.6) is 0 Å². The van der Waals surface area contributed by atoms with Crippen molar-refractivity contribution in [3.63, 3.8) is 0 Å². The van der Waals surface area contributed by atoms with Gasteiger partial charge in [-0.2, -0.15) is 13.2 Å². The van der Waals surface area contributed by atoms with Gasteiger partial charge in [0.2, 0.25) is 0 Å². The molecule has 3 atom stereocenters. The highest BCUT2D eigenvalue weighted by Crippen LogP contribution is 2.26. The quantitative estimate of drug-likeness (QED) is 0.465. The molecule has 1 aromatic heterocycles. The van der Waals surface area contributed by atoms with Crippen LogP contribution in [0.1, 0.15) is 53.2 Å². The first kappa shape index (κ1) is 29.1. The molecule has 2 N–H and O–H groups in total. The lowest BCUT2D eigenvalue weighted by atomic mass is 10.1. The van der Waals surface area contributed by atoms with Gasteiger partial charge in [0.25, 0.3) is 0 Å². The van der Waals surface area contributed by atoms with Gasteiger partial charge in [0.05, 0.1) is 28.4 Å². The van der Waals surface area contributed by atoms with E-state index in [0.29, 0.717) is 4.60 Å². The predicted molar refractivity (Wildman–Crippen MR) is 121 cm³/mol. The van der Waals surface area contributed by atoms with E-state index in [9.17, 15) is 27.3 Å². The number of aromatic nitrogens is 1. The molecule has 1 heterocycles. The Balaban J connectivity index is 3.23. The van der Waals surface area contributed by atoms with Crippen LogP contribution in [0.15, 0.2) is 16.7 Å². The number of halogens is 5. The molecule has 32 heavy (non-hydrogen) atoms. The van der Waals surface area contributed by atoms with E-state index >= 15 is 0 Å². The summed E-state index contributed by atoms with van der Waals surface area (Å²) in [6, 6.07) is 0.436. The van der Waals surface area contributed by atoms with Gasteiger partial charge >= 0.3 is 12.3 Å². The molecule has 0 spiro atoms. The molecule has 0 radical (unpaired) electrons. The lowest BCUT2D eigenvalue weighted by molar-refractivity contribution is -0.155. The molecule has 0 aromatic carbocycles. The Morgan fingerprint density at radius 3 is 2.25 bits per heavy atom. The number of alkyl halides is 3. The number of ether oxygens (including phenoxy) is 1. The van der Waals surface area contributed by atoms with Crippen molar-refractivity contribution in [2.45, 2.75) is 70.2 Å². The van der Waals surface area contributed by atoms with Crippen LogP contribution in [0.4, 0.5) is 18.0 Å². The predicted octanol–water partition coefficient (Wildman–Crippen LogP) is 4.75. The zero-order chi connectivity index (χ0) is 25.1. The van der Waals surface area contributed by atoms with E-state index in [4.69, 9.17) is 16.3 Å². The highest BCUT2D eigenvalue weighted by Gasteiger charge is 2.44. The fraction of sp³-hybridized carbons (Fsp3) is 0.684. The number of rotatable bonds is 7. The van der Waals surface area contributed by atoms with Crippen LogP contribution in [-0.2, 0) is 15.7 Å². The average molecular weight is 567 g/mol. The van der Waals surface area contributed by atoms with Gasteiger partial charge in [-0.05, 0) is 75.2 Å². The van der Waals surface area contributed by atoms with Gasteiger partial charge in [0.1, 0.15) is 21.4 Å². The number of carbonyl (C=O) groups excluding carboxylic acids is 1. The normalized spacial score (nSPS) is 15.8. The molecule has 0 aliphatic carbocycles. The summed E-state index contributed by atoms with van der Waals surface area (Å²) < 4.78 is 60.1. The van der Waals surface area contributed by atoms with Gasteiger partial charge in [-0.3, -0.25) is 0 Å². The summed E-state index contributed by atoms with van der Waals surface area (Å²) in [7, 11) is -2.06. The Bertz CT molecular complexity index is 811. The maximum absolute atomic E-state index is 13.7. The maximum atomic E-state index is 13.7. The van der Waals surface area contributed by atoms with E-state index in [2.05, 4.69) is 25.6 Å². The zero-order valence-corrected chi connectivity index (χ0v) is 21.7. The fourth-order valence-corrected chi connectivity index (χ4v) is 3.87. The smallest absolute Gasteiger partial charge is 0.410 e. The Morgan fingerprint density at radius 1 is 1.25 bits per heavy atom. The van der Waals surface area contributed by atoms with Gasteiger partial charge in [0.15, 0.2) is 0 Å². The molecule has 0 saturated heterocycles. The molecule has 1 aromatic rings. The van der Waals surface area contributed by atoms with Crippen LogP contribution in [-0.4, -0.2) is 60.9 Å². The summed E-state index contributed by atoms with van der Waals surface area (Å²) in [5, 5.41) is 10.6. The fourth-order valence-electron chi connectivity index (χ4n) is 2.27. The van der Waals surface area contributed by atoms with Crippen molar-refractivity contribution in [3.05, 3.63) is 27.5 Å². The Morgan fingerprint density at radius 2 is 1.81 bits per heavy atom. The second kappa shape index (κ2) is 11.0. The van der Waals surface area contributed by atoms with Crippen LogP contribution in [0, 0.1) is 0 Å². The van der Waals surface area contributed by atoms with Gasteiger partial charge in [-0.1, -0.05) is 11.6 Å². The van der Waals surface area contributed by atoms with E-state index in [-0.39, 0.29) is 10.7 Å². The Kier molecular flexibility index (Phi) is 9.98. The summed E-state index contributed by atoms with van der Waals surface area (Å²) in [6.45, 7) is 7.78. The Labute approximate surface area is 201 Å². The number of aliphatic hydroxyl groups excluding tert-OH is 1. The van der Waals surface area contributed by atoms with Gasteiger partial charge in [-0.25, -0.2) is 18.7 Å². The first-order chi connectivity index (χ1) is 14.3. The average Bonchev–Trinajstić information content (AvgIpc) is 2.55. The van der Waals surface area contributed by atoms with Crippen molar-refractivity contribution in [2.75, 3.05) is 13.1 Å². The first-order valence-electron chi connectivity index (χ1n) is 9.53. The second-order valence-corrected chi connectivity index (χ2v) is 12.2. The van der Waals surface area contributed by atoms with Crippen LogP contribution in [0.3, 0.4) is 0 Å². The molecular weight excluding hydrogens is 539 g/mol. The summed E-state index contributed by atoms with van der Waals surface area (Å²) in [5.41, 5.74) is -0.751. The summed E-state index contributed by atoms with van der Waals surface area (Å²) >= 11 is 9.00. The van der Waals surface area contributed by atoms with Crippen molar-refractivity contribution in [1.82, 2.24) is 14.6 Å².